The molecule has 4 heteroatoms. The standard InChI is InChI=1S/C6H4ClNOS/c7-4-1-3-2-5(9)8-6(3)10-4/h1H,2H2,(H,8,9). The molecule has 0 fully saturated rings. The average molecular weight is 174 g/mol. The highest BCUT2D eigenvalue weighted by Crippen LogP contribution is 2.35. The third kappa shape index (κ3) is 0.822. The van der Waals surface area contributed by atoms with Crippen LogP contribution in [0.15, 0.2) is 6.07 Å². The van der Waals surface area contributed by atoms with Crippen LogP contribution in [0.4, 0.5) is 5.00 Å². The molecule has 1 aliphatic rings. The average Bonchev–Trinajstić information content (AvgIpc) is 2.21. The predicted molar refractivity (Wildman–Crippen MR) is 41.7 cm³/mol. The highest BCUT2D eigenvalue weighted by molar-refractivity contribution is 7.20. The molecule has 1 aliphatic heterocycles. The van der Waals surface area contributed by atoms with Crippen molar-refractivity contribution in [3.63, 3.8) is 0 Å². The molecule has 2 rings (SSSR count). The smallest absolute Gasteiger partial charge is 0.229 e. The van der Waals surface area contributed by atoms with Crippen LogP contribution in [0.5, 0.6) is 0 Å². The Bertz CT molecular complexity index is 268. The van der Waals surface area contributed by atoms with E-state index in [1.165, 1.54) is 11.3 Å². The van der Waals surface area contributed by atoms with Gasteiger partial charge in [0.1, 0.15) is 5.00 Å². The normalized spacial score (nSPS) is 15.1. The highest BCUT2D eigenvalue weighted by Gasteiger charge is 2.19. The second-order valence-electron chi connectivity index (χ2n) is 2.13. The van der Waals surface area contributed by atoms with Crippen LogP contribution >= 0.6 is 22.9 Å². The molecule has 0 radical (unpaired) electrons. The van der Waals surface area contributed by atoms with Crippen molar-refractivity contribution in [3.8, 4) is 0 Å². The fourth-order valence-electron chi connectivity index (χ4n) is 0.976. The minimum atomic E-state index is 0.0675. The quantitative estimate of drug-likeness (QED) is 0.638. The van der Waals surface area contributed by atoms with Gasteiger partial charge in [0.05, 0.1) is 10.8 Å². The maximum absolute atomic E-state index is 10.7. The lowest BCUT2D eigenvalue weighted by atomic mass is 10.3. The first-order valence-corrected chi connectivity index (χ1v) is 4.03. The Balaban J connectivity index is 2.47. The van der Waals surface area contributed by atoms with Gasteiger partial charge in [0.25, 0.3) is 0 Å². The van der Waals surface area contributed by atoms with Gasteiger partial charge in [-0.2, -0.15) is 0 Å². The van der Waals surface area contributed by atoms with Gasteiger partial charge in [-0.15, -0.1) is 11.3 Å². The van der Waals surface area contributed by atoms with Crippen LogP contribution < -0.4 is 5.32 Å². The summed E-state index contributed by atoms with van der Waals surface area (Å²) in [6.07, 6.45) is 0.485. The lowest BCUT2D eigenvalue weighted by molar-refractivity contribution is -0.115. The van der Waals surface area contributed by atoms with Gasteiger partial charge in [-0.05, 0) is 11.6 Å². The van der Waals surface area contributed by atoms with Crippen molar-refractivity contribution in [2.45, 2.75) is 6.42 Å². The van der Waals surface area contributed by atoms with E-state index < -0.39 is 0 Å². The van der Waals surface area contributed by atoms with Crippen molar-refractivity contribution in [3.05, 3.63) is 16.0 Å². The third-order valence-electron chi connectivity index (χ3n) is 1.38. The number of fused-ring (bicyclic) bond motifs is 1. The maximum Gasteiger partial charge on any atom is 0.229 e. The summed E-state index contributed by atoms with van der Waals surface area (Å²) >= 11 is 7.11. The van der Waals surface area contributed by atoms with E-state index in [1.54, 1.807) is 0 Å². The molecule has 2 nitrogen and oxygen atoms in total. The molecule has 2 heterocycles. The summed E-state index contributed by atoms with van der Waals surface area (Å²) in [6, 6.07) is 1.83. The van der Waals surface area contributed by atoms with Crippen LogP contribution in [0.1, 0.15) is 5.56 Å². The Morgan fingerprint density at radius 2 is 2.50 bits per heavy atom. The zero-order valence-corrected chi connectivity index (χ0v) is 6.55. The van der Waals surface area contributed by atoms with Crippen LogP contribution in [-0.2, 0) is 11.2 Å². The van der Waals surface area contributed by atoms with Crippen molar-refractivity contribution in [2.75, 3.05) is 5.32 Å². The van der Waals surface area contributed by atoms with Gasteiger partial charge < -0.3 is 5.32 Å². The molecule has 1 aromatic rings. The number of halogens is 1. The van der Waals surface area contributed by atoms with Crippen LogP contribution in [0.3, 0.4) is 0 Å². The molecule has 0 atom stereocenters. The number of hydrogen-bond donors (Lipinski definition) is 1. The first-order valence-electron chi connectivity index (χ1n) is 2.84. The monoisotopic (exact) mass is 173 g/mol. The Morgan fingerprint density at radius 1 is 1.70 bits per heavy atom. The maximum atomic E-state index is 10.7. The number of amides is 1. The second kappa shape index (κ2) is 1.97. The summed E-state index contributed by atoms with van der Waals surface area (Å²) in [5.74, 6) is 0.0675. The summed E-state index contributed by atoms with van der Waals surface area (Å²) in [5.41, 5.74) is 1.03. The molecular weight excluding hydrogens is 170 g/mol. The molecule has 0 saturated heterocycles. The molecule has 0 aromatic carbocycles. The van der Waals surface area contributed by atoms with Gasteiger partial charge in [0, 0.05) is 0 Å². The van der Waals surface area contributed by atoms with Crippen molar-refractivity contribution >= 4 is 33.8 Å². The Morgan fingerprint density at radius 3 is 3.20 bits per heavy atom. The number of carbonyl (C=O) groups excluding carboxylic acids is 1. The van der Waals surface area contributed by atoms with Crippen molar-refractivity contribution in [1.29, 1.82) is 0 Å². The zero-order chi connectivity index (χ0) is 7.14. The molecule has 0 spiro atoms. The van der Waals surface area contributed by atoms with E-state index in [4.69, 9.17) is 11.6 Å². The van der Waals surface area contributed by atoms with Crippen molar-refractivity contribution in [1.82, 2.24) is 0 Å². The van der Waals surface area contributed by atoms with Crippen LogP contribution in [0, 0.1) is 0 Å². The summed E-state index contributed by atoms with van der Waals surface area (Å²) in [7, 11) is 0. The number of rotatable bonds is 0. The van der Waals surface area contributed by atoms with E-state index in [9.17, 15) is 4.79 Å². The molecule has 1 N–H and O–H groups in total. The van der Waals surface area contributed by atoms with E-state index in [-0.39, 0.29) is 5.91 Å². The molecule has 0 aliphatic carbocycles. The lowest BCUT2D eigenvalue weighted by Gasteiger charge is -1.86. The molecule has 0 unspecified atom stereocenters. The molecule has 1 aromatic heterocycles. The molecular formula is C6H4ClNOS. The Kier molecular flexibility index (Phi) is 1.22. The number of hydrogen-bond acceptors (Lipinski definition) is 2. The molecule has 1 amide bonds. The first-order chi connectivity index (χ1) is 4.75. The number of nitrogens with one attached hydrogen (secondary N) is 1. The molecule has 52 valence electrons. The predicted octanol–water partition coefficient (Wildman–Crippen LogP) is 1.90. The first kappa shape index (κ1) is 6.19. The van der Waals surface area contributed by atoms with Gasteiger partial charge in [0.2, 0.25) is 5.91 Å². The van der Waals surface area contributed by atoms with Crippen molar-refractivity contribution in [2.24, 2.45) is 0 Å². The fraction of sp³-hybridized carbons (Fsp3) is 0.167. The van der Waals surface area contributed by atoms with Gasteiger partial charge >= 0.3 is 0 Å². The third-order valence-corrected chi connectivity index (χ3v) is 2.60. The largest absolute Gasteiger partial charge is 0.317 e. The van der Waals surface area contributed by atoms with E-state index in [0.717, 1.165) is 14.9 Å². The summed E-state index contributed by atoms with van der Waals surface area (Å²) in [6.45, 7) is 0. The van der Waals surface area contributed by atoms with Gasteiger partial charge in [-0.25, -0.2) is 0 Å². The zero-order valence-electron chi connectivity index (χ0n) is 4.98. The molecule has 0 saturated carbocycles. The highest BCUT2D eigenvalue weighted by atomic mass is 35.5. The topological polar surface area (TPSA) is 29.1 Å². The van der Waals surface area contributed by atoms with Crippen LogP contribution in [0.25, 0.3) is 0 Å². The second-order valence-corrected chi connectivity index (χ2v) is 3.81. The summed E-state index contributed by atoms with van der Waals surface area (Å²) in [4.78, 5) is 10.7. The van der Waals surface area contributed by atoms with Gasteiger partial charge in [-0.3, -0.25) is 4.79 Å². The minimum absolute atomic E-state index is 0.0675. The number of anilines is 1. The van der Waals surface area contributed by atoms with Crippen LogP contribution in [0.2, 0.25) is 4.34 Å². The van der Waals surface area contributed by atoms with Crippen molar-refractivity contribution < 1.29 is 4.79 Å². The summed E-state index contributed by atoms with van der Waals surface area (Å²) < 4.78 is 0.741. The molecule has 10 heavy (non-hydrogen) atoms. The Hall–Kier alpha value is -0.540. The van der Waals surface area contributed by atoms with Gasteiger partial charge in [-0.1, -0.05) is 11.6 Å². The Labute approximate surface area is 66.8 Å². The molecule has 0 bridgehead atoms. The van der Waals surface area contributed by atoms with Crippen LogP contribution in [-0.4, -0.2) is 5.91 Å². The SMILES string of the molecule is O=C1Cc2cc(Cl)sc2N1. The van der Waals surface area contributed by atoms with E-state index >= 15 is 0 Å². The van der Waals surface area contributed by atoms with E-state index in [0.29, 0.717) is 6.42 Å². The lowest BCUT2D eigenvalue weighted by Crippen LogP contribution is -2.03. The number of thiophene rings is 1. The minimum Gasteiger partial charge on any atom is -0.317 e. The number of carbonyl (C=O) groups is 1. The van der Waals surface area contributed by atoms with E-state index in [2.05, 4.69) is 5.32 Å². The van der Waals surface area contributed by atoms with E-state index in [1.807, 2.05) is 6.07 Å². The fourth-order valence-corrected chi connectivity index (χ4v) is 2.16. The van der Waals surface area contributed by atoms with Gasteiger partial charge in [0.15, 0.2) is 0 Å². The summed E-state index contributed by atoms with van der Waals surface area (Å²) in [5, 5.41) is 3.63.